The van der Waals surface area contributed by atoms with Crippen molar-refractivity contribution in [2.24, 2.45) is 0 Å². The fourth-order valence-electron chi connectivity index (χ4n) is 1.78. The molecule has 0 aliphatic heterocycles. The Labute approximate surface area is 115 Å². The summed E-state index contributed by atoms with van der Waals surface area (Å²) in [5.41, 5.74) is 7.35. The number of para-hydroxylation sites is 1. The number of hydrogen-bond donors (Lipinski definition) is 1. The van der Waals surface area contributed by atoms with Crippen molar-refractivity contribution in [3.63, 3.8) is 0 Å². The zero-order valence-electron chi connectivity index (χ0n) is 10.8. The zero-order chi connectivity index (χ0) is 14.7. The highest BCUT2D eigenvalue weighted by molar-refractivity contribution is 5.95. The van der Waals surface area contributed by atoms with E-state index < -0.39 is 17.6 Å². The van der Waals surface area contributed by atoms with E-state index in [0.29, 0.717) is 5.69 Å². The summed E-state index contributed by atoms with van der Waals surface area (Å²) in [4.78, 5) is 11.9. The van der Waals surface area contributed by atoms with Crippen molar-refractivity contribution in [1.29, 1.82) is 0 Å². The van der Waals surface area contributed by atoms with Gasteiger partial charge in [0.1, 0.15) is 18.2 Å². The number of carbonyl (C=O) groups excluding carboxylic acids is 1. The van der Waals surface area contributed by atoms with Crippen LogP contribution in [0.4, 0.5) is 14.5 Å². The van der Waals surface area contributed by atoms with Crippen molar-refractivity contribution in [2.75, 3.05) is 5.73 Å². The first-order valence-corrected chi connectivity index (χ1v) is 5.94. The summed E-state index contributed by atoms with van der Waals surface area (Å²) in [6.07, 6.45) is 0. The minimum absolute atomic E-state index is 0.221. The van der Waals surface area contributed by atoms with Gasteiger partial charge in [0, 0.05) is 11.8 Å². The highest BCUT2D eigenvalue weighted by Gasteiger charge is 2.13. The summed E-state index contributed by atoms with van der Waals surface area (Å²) in [6, 6.07) is 7.96. The average Bonchev–Trinajstić information content (AvgIpc) is 2.38. The lowest BCUT2D eigenvalue weighted by atomic mass is 10.1. The van der Waals surface area contributed by atoms with Gasteiger partial charge < -0.3 is 10.5 Å². The van der Waals surface area contributed by atoms with E-state index in [0.717, 1.165) is 23.8 Å². The van der Waals surface area contributed by atoms with Crippen LogP contribution in [0.15, 0.2) is 36.4 Å². The third kappa shape index (κ3) is 3.12. The number of esters is 1. The van der Waals surface area contributed by atoms with Gasteiger partial charge in [-0.05, 0) is 36.2 Å². The Bertz CT molecular complexity index is 636. The standard InChI is InChI=1S/C15H13F2NO2/c1-9-3-2-4-13(14(9)18)15(19)20-8-10-5-11(16)7-12(17)6-10/h2-7H,8,18H2,1H3. The van der Waals surface area contributed by atoms with E-state index in [1.807, 2.05) is 0 Å². The maximum Gasteiger partial charge on any atom is 0.340 e. The van der Waals surface area contributed by atoms with Gasteiger partial charge >= 0.3 is 5.97 Å². The number of ether oxygens (including phenoxy) is 1. The van der Waals surface area contributed by atoms with E-state index in [1.165, 1.54) is 6.07 Å². The number of aryl methyl sites for hydroxylation is 1. The van der Waals surface area contributed by atoms with Crippen LogP contribution >= 0.6 is 0 Å². The quantitative estimate of drug-likeness (QED) is 0.692. The van der Waals surface area contributed by atoms with Gasteiger partial charge in [-0.1, -0.05) is 12.1 Å². The molecular weight excluding hydrogens is 264 g/mol. The van der Waals surface area contributed by atoms with Crippen LogP contribution in [-0.4, -0.2) is 5.97 Å². The minimum atomic E-state index is -0.717. The molecule has 0 aromatic heterocycles. The average molecular weight is 277 g/mol. The molecule has 0 spiro atoms. The molecule has 3 nitrogen and oxygen atoms in total. The Hall–Kier alpha value is -2.43. The third-order valence-corrected chi connectivity index (χ3v) is 2.84. The lowest BCUT2D eigenvalue weighted by Gasteiger charge is -2.09. The fraction of sp³-hybridized carbons (Fsp3) is 0.133. The number of anilines is 1. The van der Waals surface area contributed by atoms with Crippen LogP contribution < -0.4 is 5.73 Å². The third-order valence-electron chi connectivity index (χ3n) is 2.84. The molecule has 2 aromatic rings. The molecule has 0 bridgehead atoms. The Balaban J connectivity index is 2.10. The Kier molecular flexibility index (Phi) is 3.98. The van der Waals surface area contributed by atoms with Gasteiger partial charge in [0.15, 0.2) is 0 Å². The molecular formula is C15H13F2NO2. The number of benzene rings is 2. The largest absolute Gasteiger partial charge is 0.457 e. The van der Waals surface area contributed by atoms with Crippen LogP contribution in [0, 0.1) is 18.6 Å². The number of hydrogen-bond acceptors (Lipinski definition) is 3. The topological polar surface area (TPSA) is 52.3 Å². The molecule has 0 aliphatic rings. The molecule has 104 valence electrons. The highest BCUT2D eigenvalue weighted by atomic mass is 19.1. The minimum Gasteiger partial charge on any atom is -0.457 e. The summed E-state index contributed by atoms with van der Waals surface area (Å²) in [5.74, 6) is -2.06. The van der Waals surface area contributed by atoms with Crippen molar-refractivity contribution in [3.05, 3.63) is 64.7 Å². The second kappa shape index (κ2) is 5.69. The molecule has 5 heteroatoms. The summed E-state index contributed by atoms with van der Waals surface area (Å²) >= 11 is 0. The molecule has 0 saturated carbocycles. The first-order chi connectivity index (χ1) is 9.47. The Morgan fingerprint density at radius 3 is 2.50 bits per heavy atom. The smallest absolute Gasteiger partial charge is 0.340 e. The van der Waals surface area contributed by atoms with Crippen LogP contribution in [0.2, 0.25) is 0 Å². The summed E-state index contributed by atoms with van der Waals surface area (Å²) in [7, 11) is 0. The van der Waals surface area contributed by atoms with Gasteiger partial charge in [-0.25, -0.2) is 13.6 Å². The van der Waals surface area contributed by atoms with E-state index in [9.17, 15) is 13.6 Å². The Morgan fingerprint density at radius 2 is 1.85 bits per heavy atom. The van der Waals surface area contributed by atoms with Gasteiger partial charge in [-0.15, -0.1) is 0 Å². The molecule has 0 saturated heterocycles. The molecule has 0 heterocycles. The van der Waals surface area contributed by atoms with Gasteiger partial charge in [-0.3, -0.25) is 0 Å². The number of halogens is 2. The number of nitrogens with two attached hydrogens (primary N) is 1. The van der Waals surface area contributed by atoms with E-state index in [1.54, 1.807) is 19.1 Å². The molecule has 0 aliphatic carbocycles. The van der Waals surface area contributed by atoms with E-state index >= 15 is 0 Å². The molecule has 2 rings (SSSR count). The maximum absolute atomic E-state index is 13.0. The molecule has 0 atom stereocenters. The lowest BCUT2D eigenvalue weighted by Crippen LogP contribution is -2.09. The molecule has 2 aromatic carbocycles. The normalized spacial score (nSPS) is 10.3. The van der Waals surface area contributed by atoms with Crippen molar-refractivity contribution in [2.45, 2.75) is 13.5 Å². The number of rotatable bonds is 3. The summed E-state index contributed by atoms with van der Waals surface area (Å²) in [6.45, 7) is 1.55. The lowest BCUT2D eigenvalue weighted by molar-refractivity contribution is 0.0473. The van der Waals surface area contributed by atoms with Gasteiger partial charge in [-0.2, -0.15) is 0 Å². The number of carbonyl (C=O) groups is 1. The molecule has 0 fully saturated rings. The van der Waals surface area contributed by atoms with Crippen molar-refractivity contribution >= 4 is 11.7 Å². The molecule has 0 unspecified atom stereocenters. The maximum atomic E-state index is 13.0. The van der Waals surface area contributed by atoms with Crippen LogP contribution in [0.1, 0.15) is 21.5 Å². The molecule has 2 N–H and O–H groups in total. The van der Waals surface area contributed by atoms with E-state index in [-0.39, 0.29) is 17.7 Å². The number of nitrogen functional groups attached to an aromatic ring is 1. The van der Waals surface area contributed by atoms with E-state index in [4.69, 9.17) is 10.5 Å². The van der Waals surface area contributed by atoms with Crippen molar-refractivity contribution < 1.29 is 18.3 Å². The van der Waals surface area contributed by atoms with E-state index in [2.05, 4.69) is 0 Å². The summed E-state index contributed by atoms with van der Waals surface area (Å²) < 4.78 is 31.0. The highest BCUT2D eigenvalue weighted by Crippen LogP contribution is 2.18. The second-order valence-corrected chi connectivity index (χ2v) is 4.39. The second-order valence-electron chi connectivity index (χ2n) is 4.39. The van der Waals surface area contributed by atoms with Crippen LogP contribution in [0.25, 0.3) is 0 Å². The first kappa shape index (κ1) is 14.0. The monoisotopic (exact) mass is 277 g/mol. The molecule has 20 heavy (non-hydrogen) atoms. The van der Waals surface area contributed by atoms with Gasteiger partial charge in [0.25, 0.3) is 0 Å². The SMILES string of the molecule is Cc1cccc(C(=O)OCc2cc(F)cc(F)c2)c1N. The van der Waals surface area contributed by atoms with Crippen molar-refractivity contribution in [3.8, 4) is 0 Å². The predicted molar refractivity (Wildman–Crippen MR) is 71.1 cm³/mol. The van der Waals surface area contributed by atoms with Crippen LogP contribution in [0.3, 0.4) is 0 Å². The van der Waals surface area contributed by atoms with Crippen LogP contribution in [0.5, 0.6) is 0 Å². The van der Waals surface area contributed by atoms with Crippen LogP contribution in [-0.2, 0) is 11.3 Å². The Morgan fingerprint density at radius 1 is 1.20 bits per heavy atom. The fourth-order valence-corrected chi connectivity index (χ4v) is 1.78. The predicted octanol–water partition coefficient (Wildman–Crippen LogP) is 3.21. The summed E-state index contributed by atoms with van der Waals surface area (Å²) in [5, 5.41) is 0. The van der Waals surface area contributed by atoms with Gasteiger partial charge in [0.05, 0.1) is 5.56 Å². The molecule has 0 radical (unpaired) electrons. The van der Waals surface area contributed by atoms with Gasteiger partial charge in [0.2, 0.25) is 0 Å². The zero-order valence-corrected chi connectivity index (χ0v) is 10.8. The van der Waals surface area contributed by atoms with Crippen molar-refractivity contribution in [1.82, 2.24) is 0 Å². The first-order valence-electron chi connectivity index (χ1n) is 5.94. The molecule has 0 amide bonds.